The molecule has 0 bridgehead atoms. The first-order chi connectivity index (χ1) is 40.0. The minimum Gasteiger partial charge on any atom is -0.310 e. The molecule has 0 saturated carbocycles. The number of benzene rings is 11. The maximum absolute atomic E-state index is 2.55. The number of fused-ring (bicyclic) bond motifs is 14. The molecular weight excluding hydrogens is 1010 g/mol. The van der Waals surface area contributed by atoms with E-state index in [-0.39, 0.29) is 32.5 Å². The van der Waals surface area contributed by atoms with Crippen LogP contribution in [0.5, 0.6) is 0 Å². The van der Waals surface area contributed by atoms with Gasteiger partial charge in [0.1, 0.15) is 0 Å². The molecule has 0 fully saturated rings. The lowest BCUT2D eigenvalue weighted by atomic mass is 9.74. The molecule has 11 aromatic carbocycles. The summed E-state index contributed by atoms with van der Waals surface area (Å²) in [5.41, 5.74) is 30.3. The number of rotatable bonds is 6. The van der Waals surface area contributed by atoms with Crippen LogP contribution >= 0.6 is 0 Å². The molecule has 11 aromatic rings. The zero-order valence-electron chi connectivity index (χ0n) is 51.5. The number of hydrogen-bond acceptors (Lipinski definition) is 2. The predicted octanol–water partition coefficient (Wildman–Crippen LogP) is 22.8. The van der Waals surface area contributed by atoms with Crippen LogP contribution in [0.1, 0.15) is 153 Å². The van der Waals surface area contributed by atoms with E-state index in [1.165, 1.54) is 144 Å². The first kappa shape index (κ1) is 52.4. The summed E-state index contributed by atoms with van der Waals surface area (Å²) in [6.07, 6.45) is 0. The highest BCUT2D eigenvalue weighted by atomic mass is 15.1. The molecule has 414 valence electrons. The van der Waals surface area contributed by atoms with Gasteiger partial charge in [-0.15, -0.1) is 0 Å². The van der Waals surface area contributed by atoms with Crippen LogP contribution in [0.15, 0.2) is 206 Å². The largest absolute Gasteiger partial charge is 0.310 e. The summed E-state index contributed by atoms with van der Waals surface area (Å²) >= 11 is 0. The van der Waals surface area contributed by atoms with Crippen molar-refractivity contribution < 1.29 is 0 Å². The molecule has 4 aliphatic rings. The summed E-state index contributed by atoms with van der Waals surface area (Å²) in [5, 5.41) is 5.21. The Morgan fingerprint density at radius 2 is 0.440 bits per heavy atom. The molecule has 0 N–H and O–H groups in total. The second-order valence-corrected chi connectivity index (χ2v) is 29.0. The zero-order valence-corrected chi connectivity index (χ0v) is 51.5. The van der Waals surface area contributed by atoms with Gasteiger partial charge in [-0.25, -0.2) is 0 Å². The molecule has 0 atom stereocenters. The highest BCUT2D eigenvalue weighted by Crippen LogP contribution is 2.57. The van der Waals surface area contributed by atoms with Gasteiger partial charge in [-0.3, -0.25) is 0 Å². The molecule has 4 aliphatic carbocycles. The molecule has 0 aliphatic heterocycles. The molecule has 0 spiro atoms. The SMILES string of the molecule is CC(C)(C)c1c2ccc(N(c3ccc4c(c3)C(C)(C)c3ccccc3-4)c3ccc4c(c3)C(C)(C)c3ccccc3-4)cc2c(C(C)(C)C)c2ccc(N(c3ccc4c(c3)C(C)(C)c3ccccc3-4)c3ccc4c(c3)C(C)(C)c3ccccc3-4)cc12. The van der Waals surface area contributed by atoms with Crippen LogP contribution in [0.3, 0.4) is 0 Å². The van der Waals surface area contributed by atoms with Gasteiger partial charge in [0.05, 0.1) is 0 Å². The van der Waals surface area contributed by atoms with Crippen LogP contribution in [0.2, 0.25) is 0 Å². The Hall–Kier alpha value is -8.46. The molecule has 2 heteroatoms. The van der Waals surface area contributed by atoms with Gasteiger partial charge in [-0.2, -0.15) is 0 Å². The standard InChI is InChI=1S/C82H76N2/c1-77(2,3)75-63-41-35-50(84(53-33-39-61-57-25-17-21-29-69(57)81(11,12)73(61)47-53)54-34-40-62-58-26-18-22-30-70(58)82(13,14)74(62)48-54)44-66(63)76(78(4,5)6)64-42-36-49(43-65(64)75)83(51-31-37-59-55-23-15-19-27-67(55)79(7,8)71(59)45-51)52-32-38-60-56-24-16-20-28-68(56)80(9,10)72(60)46-52/h15-48H,1-14H3. The normalized spacial score (nSPS) is 15.9. The first-order valence-corrected chi connectivity index (χ1v) is 30.6. The van der Waals surface area contributed by atoms with E-state index in [0.29, 0.717) is 0 Å². The Morgan fingerprint density at radius 3 is 0.690 bits per heavy atom. The predicted molar refractivity (Wildman–Crippen MR) is 358 cm³/mol. The van der Waals surface area contributed by atoms with E-state index in [1.807, 2.05) is 0 Å². The van der Waals surface area contributed by atoms with Gasteiger partial charge >= 0.3 is 0 Å². The van der Waals surface area contributed by atoms with Crippen LogP contribution in [0, 0.1) is 0 Å². The van der Waals surface area contributed by atoms with Crippen molar-refractivity contribution in [3.63, 3.8) is 0 Å². The zero-order chi connectivity index (χ0) is 58.4. The lowest BCUT2D eigenvalue weighted by molar-refractivity contribution is 0.593. The number of anilines is 6. The average molecular weight is 1090 g/mol. The quantitative estimate of drug-likeness (QED) is 0.153. The smallest absolute Gasteiger partial charge is 0.0468 e. The van der Waals surface area contributed by atoms with E-state index in [4.69, 9.17) is 0 Å². The summed E-state index contributed by atoms with van der Waals surface area (Å²) in [5.74, 6) is 0. The lowest BCUT2D eigenvalue weighted by Crippen LogP contribution is -2.20. The average Bonchev–Trinajstić information content (AvgIpc) is 2.26. The first-order valence-electron chi connectivity index (χ1n) is 30.6. The minimum atomic E-state index is -0.217. The van der Waals surface area contributed by atoms with E-state index < -0.39 is 0 Å². The van der Waals surface area contributed by atoms with Crippen LogP contribution in [-0.4, -0.2) is 0 Å². The van der Waals surface area contributed by atoms with Crippen molar-refractivity contribution in [3.8, 4) is 44.5 Å². The molecule has 84 heavy (non-hydrogen) atoms. The number of hydrogen-bond donors (Lipinski definition) is 0. The topological polar surface area (TPSA) is 6.48 Å². The van der Waals surface area contributed by atoms with E-state index in [0.717, 1.165) is 11.4 Å². The second-order valence-electron chi connectivity index (χ2n) is 29.0. The van der Waals surface area contributed by atoms with Crippen LogP contribution < -0.4 is 9.80 Å². The van der Waals surface area contributed by atoms with Gasteiger partial charge in [0.2, 0.25) is 0 Å². The summed E-state index contributed by atoms with van der Waals surface area (Å²) in [7, 11) is 0. The summed E-state index contributed by atoms with van der Waals surface area (Å²) in [4.78, 5) is 5.11. The Kier molecular flexibility index (Phi) is 10.9. The van der Waals surface area contributed by atoms with Crippen molar-refractivity contribution in [2.24, 2.45) is 0 Å². The lowest BCUT2D eigenvalue weighted by Gasteiger charge is -2.34. The molecule has 0 saturated heterocycles. The summed E-state index contributed by atoms with van der Waals surface area (Å²) in [6.45, 7) is 33.7. The van der Waals surface area contributed by atoms with Gasteiger partial charge in [0.15, 0.2) is 0 Å². The van der Waals surface area contributed by atoms with Crippen molar-refractivity contribution in [2.75, 3.05) is 9.80 Å². The Labute approximate surface area is 498 Å². The number of nitrogens with zero attached hydrogens (tertiary/aromatic N) is 2. The molecule has 0 unspecified atom stereocenters. The fourth-order valence-electron chi connectivity index (χ4n) is 16.3. The molecule has 2 nitrogen and oxygen atoms in total. The Bertz CT molecular complexity index is 4130. The van der Waals surface area contributed by atoms with E-state index in [2.05, 4.69) is 313 Å². The highest BCUT2D eigenvalue weighted by molar-refractivity contribution is 6.10. The molecule has 0 radical (unpaired) electrons. The Balaban J connectivity index is 0.953. The van der Waals surface area contributed by atoms with E-state index in [1.54, 1.807) is 0 Å². The molecule has 0 aromatic heterocycles. The van der Waals surface area contributed by atoms with Gasteiger partial charge in [0.25, 0.3) is 0 Å². The highest BCUT2D eigenvalue weighted by Gasteiger charge is 2.41. The second kappa shape index (κ2) is 17.6. The fourth-order valence-corrected chi connectivity index (χ4v) is 16.3. The van der Waals surface area contributed by atoms with Crippen LogP contribution in [0.25, 0.3) is 66.1 Å². The monoisotopic (exact) mass is 1090 g/mol. The third-order valence-corrected chi connectivity index (χ3v) is 20.4. The van der Waals surface area contributed by atoms with E-state index >= 15 is 0 Å². The minimum absolute atomic E-state index is 0.154. The van der Waals surface area contributed by atoms with Crippen molar-refractivity contribution in [1.82, 2.24) is 0 Å². The fraction of sp³-hybridized carbons (Fsp3) is 0.244. The molecule has 15 rings (SSSR count). The van der Waals surface area contributed by atoms with Gasteiger partial charge in [-0.1, -0.05) is 230 Å². The Morgan fingerprint density at radius 1 is 0.226 bits per heavy atom. The third-order valence-electron chi connectivity index (χ3n) is 20.4. The molecular formula is C82H76N2. The van der Waals surface area contributed by atoms with Crippen LogP contribution in [0.4, 0.5) is 34.1 Å². The third kappa shape index (κ3) is 7.34. The van der Waals surface area contributed by atoms with Crippen molar-refractivity contribution in [2.45, 2.75) is 129 Å². The molecule has 0 heterocycles. The van der Waals surface area contributed by atoms with Crippen molar-refractivity contribution >= 4 is 55.7 Å². The molecule has 0 amide bonds. The van der Waals surface area contributed by atoms with Gasteiger partial charge < -0.3 is 9.80 Å². The van der Waals surface area contributed by atoms with Gasteiger partial charge in [-0.05, 0) is 205 Å². The van der Waals surface area contributed by atoms with Gasteiger partial charge in [0, 0.05) is 55.8 Å². The maximum Gasteiger partial charge on any atom is 0.0468 e. The maximum atomic E-state index is 2.55. The summed E-state index contributed by atoms with van der Waals surface area (Å²) < 4.78 is 0. The van der Waals surface area contributed by atoms with E-state index in [9.17, 15) is 0 Å². The van der Waals surface area contributed by atoms with Crippen LogP contribution in [-0.2, 0) is 32.5 Å². The summed E-state index contributed by atoms with van der Waals surface area (Å²) in [6, 6.07) is 79.9. The van der Waals surface area contributed by atoms with Crippen molar-refractivity contribution in [1.29, 1.82) is 0 Å². The van der Waals surface area contributed by atoms with Crippen molar-refractivity contribution in [3.05, 3.63) is 262 Å².